The minimum absolute atomic E-state index is 0.0112. The number of amides is 2. The first-order valence-corrected chi connectivity index (χ1v) is 9.22. The van der Waals surface area contributed by atoms with Gasteiger partial charge in [-0.25, -0.2) is 0 Å². The van der Waals surface area contributed by atoms with E-state index in [0.717, 1.165) is 12.0 Å². The van der Waals surface area contributed by atoms with Gasteiger partial charge in [0.1, 0.15) is 6.04 Å². The molecule has 1 heterocycles. The van der Waals surface area contributed by atoms with Crippen molar-refractivity contribution in [2.75, 3.05) is 25.1 Å². The highest BCUT2D eigenvalue weighted by molar-refractivity contribution is 7.84. The minimum Gasteiger partial charge on any atom is -0.353 e. The van der Waals surface area contributed by atoms with Crippen molar-refractivity contribution in [2.24, 2.45) is 0 Å². The molecule has 0 saturated carbocycles. The maximum Gasteiger partial charge on any atom is 0.242 e. The molecule has 2 atom stereocenters. The number of rotatable bonds is 6. The van der Waals surface area contributed by atoms with Crippen LogP contribution in [0.2, 0.25) is 0 Å². The van der Waals surface area contributed by atoms with Crippen LogP contribution in [0, 0.1) is 0 Å². The Morgan fingerprint density at radius 1 is 1.32 bits per heavy atom. The van der Waals surface area contributed by atoms with Gasteiger partial charge in [-0.3, -0.25) is 13.8 Å². The molecule has 5 nitrogen and oxygen atoms in total. The zero-order valence-corrected chi connectivity index (χ0v) is 13.6. The van der Waals surface area contributed by atoms with Crippen molar-refractivity contribution in [3.05, 3.63) is 35.9 Å². The molecule has 2 unspecified atom stereocenters. The number of hydrogen-bond donors (Lipinski definition) is 1. The van der Waals surface area contributed by atoms with Crippen LogP contribution in [0.4, 0.5) is 0 Å². The van der Waals surface area contributed by atoms with E-state index in [9.17, 15) is 13.8 Å². The third kappa shape index (κ3) is 4.66. The first kappa shape index (κ1) is 16.7. The van der Waals surface area contributed by atoms with Gasteiger partial charge < -0.3 is 10.2 Å². The minimum atomic E-state index is -0.923. The standard InChI is InChI=1S/C16H22N2O3S/c1-22(21)11-9-17-16(20)14-8-5-10-18(14)15(19)12-13-6-3-2-4-7-13/h2-4,6-7,14H,5,8-12H2,1H3,(H,17,20). The monoisotopic (exact) mass is 322 g/mol. The molecule has 1 aromatic rings. The summed E-state index contributed by atoms with van der Waals surface area (Å²) in [5.74, 6) is 0.295. The molecule has 1 aromatic carbocycles. The molecule has 0 bridgehead atoms. The Labute approximate surface area is 133 Å². The second-order valence-electron chi connectivity index (χ2n) is 5.48. The summed E-state index contributed by atoms with van der Waals surface area (Å²) in [6, 6.07) is 9.17. The highest BCUT2D eigenvalue weighted by Gasteiger charge is 2.33. The molecule has 22 heavy (non-hydrogen) atoms. The number of benzene rings is 1. The molecule has 1 aliphatic heterocycles. The summed E-state index contributed by atoms with van der Waals surface area (Å²) in [7, 11) is -0.923. The Hall–Kier alpha value is -1.69. The molecule has 2 rings (SSSR count). The van der Waals surface area contributed by atoms with Gasteiger partial charge in [-0.05, 0) is 18.4 Å². The SMILES string of the molecule is CS(=O)CCNC(=O)C1CCCN1C(=O)Cc1ccccc1. The zero-order valence-electron chi connectivity index (χ0n) is 12.8. The van der Waals surface area contributed by atoms with E-state index in [1.165, 1.54) is 0 Å². The Bertz CT molecular complexity index is 548. The van der Waals surface area contributed by atoms with E-state index in [-0.39, 0.29) is 17.9 Å². The van der Waals surface area contributed by atoms with Gasteiger partial charge in [-0.2, -0.15) is 0 Å². The Kier molecular flexibility index (Phi) is 6.12. The molecular formula is C16H22N2O3S. The zero-order chi connectivity index (χ0) is 15.9. The Balaban J connectivity index is 1.90. The van der Waals surface area contributed by atoms with Crippen LogP contribution in [0.25, 0.3) is 0 Å². The second kappa shape index (κ2) is 8.08. The molecular weight excluding hydrogens is 300 g/mol. The first-order chi connectivity index (χ1) is 10.6. The number of likely N-dealkylation sites (tertiary alicyclic amines) is 1. The molecule has 0 spiro atoms. The molecule has 0 radical (unpaired) electrons. The number of nitrogens with one attached hydrogen (secondary N) is 1. The summed E-state index contributed by atoms with van der Waals surface area (Å²) in [6.07, 6.45) is 3.47. The van der Waals surface area contributed by atoms with Crippen LogP contribution in [0.1, 0.15) is 18.4 Å². The van der Waals surface area contributed by atoms with Crippen LogP contribution in [0.15, 0.2) is 30.3 Å². The lowest BCUT2D eigenvalue weighted by Gasteiger charge is -2.24. The van der Waals surface area contributed by atoms with Crippen LogP contribution in [0.3, 0.4) is 0 Å². The summed E-state index contributed by atoms with van der Waals surface area (Å²) in [5, 5.41) is 2.78. The third-order valence-corrected chi connectivity index (χ3v) is 4.54. The lowest BCUT2D eigenvalue weighted by Crippen LogP contribution is -2.47. The summed E-state index contributed by atoms with van der Waals surface area (Å²) < 4.78 is 11.0. The Morgan fingerprint density at radius 2 is 2.05 bits per heavy atom. The van der Waals surface area contributed by atoms with Crippen molar-refractivity contribution >= 4 is 22.6 Å². The third-order valence-electron chi connectivity index (χ3n) is 3.76. The van der Waals surface area contributed by atoms with Gasteiger partial charge >= 0.3 is 0 Å². The van der Waals surface area contributed by atoms with Gasteiger partial charge in [0.2, 0.25) is 11.8 Å². The Morgan fingerprint density at radius 3 is 2.73 bits per heavy atom. The average Bonchev–Trinajstić information content (AvgIpc) is 2.97. The van der Waals surface area contributed by atoms with Crippen molar-refractivity contribution in [3.63, 3.8) is 0 Å². The van der Waals surface area contributed by atoms with Crippen molar-refractivity contribution in [2.45, 2.75) is 25.3 Å². The molecule has 0 aliphatic carbocycles. The molecule has 1 aliphatic rings. The fourth-order valence-electron chi connectivity index (χ4n) is 2.65. The van der Waals surface area contributed by atoms with Crippen LogP contribution >= 0.6 is 0 Å². The highest BCUT2D eigenvalue weighted by atomic mass is 32.2. The molecule has 6 heteroatoms. The maximum atomic E-state index is 12.4. The molecule has 120 valence electrons. The fourth-order valence-corrected chi connectivity index (χ4v) is 3.04. The van der Waals surface area contributed by atoms with Gasteiger partial charge in [-0.15, -0.1) is 0 Å². The predicted molar refractivity (Wildman–Crippen MR) is 86.8 cm³/mol. The van der Waals surface area contributed by atoms with E-state index >= 15 is 0 Å². The van der Waals surface area contributed by atoms with Crippen LogP contribution in [0.5, 0.6) is 0 Å². The summed E-state index contributed by atoms with van der Waals surface area (Å²) >= 11 is 0. The quantitative estimate of drug-likeness (QED) is 0.839. The smallest absolute Gasteiger partial charge is 0.242 e. The molecule has 1 fully saturated rings. The van der Waals surface area contributed by atoms with E-state index in [1.807, 2.05) is 30.3 Å². The van der Waals surface area contributed by atoms with Crippen molar-refractivity contribution in [1.29, 1.82) is 0 Å². The summed E-state index contributed by atoms with van der Waals surface area (Å²) in [6.45, 7) is 1.02. The van der Waals surface area contributed by atoms with Gasteiger partial charge in [-0.1, -0.05) is 30.3 Å². The van der Waals surface area contributed by atoms with Gasteiger partial charge in [0.25, 0.3) is 0 Å². The molecule has 1 N–H and O–H groups in total. The predicted octanol–water partition coefficient (Wildman–Crippen LogP) is 0.715. The van der Waals surface area contributed by atoms with Crippen molar-refractivity contribution in [1.82, 2.24) is 10.2 Å². The number of carbonyl (C=O) groups excluding carboxylic acids is 2. The van der Waals surface area contributed by atoms with Gasteiger partial charge in [0, 0.05) is 35.9 Å². The summed E-state index contributed by atoms with van der Waals surface area (Å²) in [4.78, 5) is 26.3. The normalized spacial score (nSPS) is 19.0. The van der Waals surface area contributed by atoms with Crippen LogP contribution < -0.4 is 5.32 Å². The van der Waals surface area contributed by atoms with Crippen LogP contribution in [-0.2, 0) is 26.8 Å². The highest BCUT2D eigenvalue weighted by Crippen LogP contribution is 2.19. The van der Waals surface area contributed by atoms with Gasteiger partial charge in [0.15, 0.2) is 0 Å². The lowest BCUT2D eigenvalue weighted by atomic mass is 10.1. The fraction of sp³-hybridized carbons (Fsp3) is 0.500. The van der Waals surface area contributed by atoms with E-state index in [4.69, 9.17) is 0 Å². The number of nitrogens with zero attached hydrogens (tertiary/aromatic N) is 1. The van der Waals surface area contributed by atoms with Crippen molar-refractivity contribution < 1.29 is 13.8 Å². The first-order valence-electron chi connectivity index (χ1n) is 7.49. The number of hydrogen-bond acceptors (Lipinski definition) is 3. The van der Waals surface area contributed by atoms with E-state index in [2.05, 4.69) is 5.32 Å². The maximum absolute atomic E-state index is 12.4. The molecule has 2 amide bonds. The largest absolute Gasteiger partial charge is 0.353 e. The van der Waals surface area contributed by atoms with E-state index in [1.54, 1.807) is 11.2 Å². The topological polar surface area (TPSA) is 66.5 Å². The summed E-state index contributed by atoms with van der Waals surface area (Å²) in [5.41, 5.74) is 0.958. The van der Waals surface area contributed by atoms with Crippen LogP contribution in [-0.4, -0.2) is 52.1 Å². The van der Waals surface area contributed by atoms with Gasteiger partial charge in [0.05, 0.1) is 6.42 Å². The second-order valence-corrected chi connectivity index (χ2v) is 7.03. The lowest BCUT2D eigenvalue weighted by molar-refractivity contribution is -0.137. The van der Waals surface area contributed by atoms with E-state index < -0.39 is 10.8 Å². The number of carbonyl (C=O) groups is 2. The molecule has 0 aromatic heterocycles. The molecule has 1 saturated heterocycles. The van der Waals surface area contributed by atoms with Crippen molar-refractivity contribution in [3.8, 4) is 0 Å². The average molecular weight is 322 g/mol. The van der Waals surface area contributed by atoms with E-state index in [0.29, 0.717) is 31.7 Å².